The zero-order valence-corrected chi connectivity index (χ0v) is 19.6. The Labute approximate surface area is 178 Å². The first kappa shape index (κ1) is 27.4. The fraction of sp³-hybridized carbons (Fsp3) is 0.913. The van der Waals surface area contributed by atoms with Crippen LogP contribution < -0.4 is 0 Å². The molecule has 0 aliphatic heterocycles. The van der Waals surface area contributed by atoms with E-state index in [1.54, 1.807) is 0 Å². The number of carbonyl (C=O) groups excluding carboxylic acids is 1. The lowest BCUT2D eigenvalue weighted by molar-refractivity contribution is -0.883. The number of carbonyl (C=O) groups is 2. The topological polar surface area (TPSA) is 54.4 Å². The van der Waals surface area contributed by atoms with E-state index in [0.717, 1.165) is 19.3 Å². The molecule has 0 saturated heterocycles. The summed E-state index contributed by atoms with van der Waals surface area (Å²) in [6.45, 7) is 2.25. The van der Waals surface area contributed by atoms with Crippen LogP contribution >= 0.6 is 11.6 Å². The molecule has 1 N–H and O–H groups in total. The van der Waals surface area contributed by atoms with Crippen LogP contribution in [0.15, 0.2) is 0 Å². The van der Waals surface area contributed by atoms with Gasteiger partial charge in [0, 0.05) is 12.8 Å². The van der Waals surface area contributed by atoms with E-state index < -0.39 is 11.9 Å². The number of halogens is 1. The molecule has 5 heteroatoms. The number of nitrogens with zero attached hydrogens (tertiary/aromatic N) is 1. The second kappa shape index (κ2) is 16.2. The minimum atomic E-state index is -1.04. The number of hydrogen-bond donors (Lipinski definition) is 1. The van der Waals surface area contributed by atoms with E-state index in [2.05, 4.69) is 6.92 Å². The van der Waals surface area contributed by atoms with E-state index in [9.17, 15) is 14.7 Å². The van der Waals surface area contributed by atoms with Crippen LogP contribution in [0.3, 0.4) is 0 Å². The molecule has 0 aliphatic rings. The number of carboxylic acid groups (broad SMARTS) is 1. The van der Waals surface area contributed by atoms with Gasteiger partial charge in [-0.1, -0.05) is 95.6 Å². The van der Waals surface area contributed by atoms with Gasteiger partial charge in [-0.25, -0.2) is 0 Å². The molecule has 0 aromatic carbocycles. The van der Waals surface area contributed by atoms with Crippen molar-refractivity contribution in [3.05, 3.63) is 0 Å². The smallest absolute Gasteiger partial charge is 0.314 e. The van der Waals surface area contributed by atoms with Crippen LogP contribution in [0.2, 0.25) is 0 Å². The van der Waals surface area contributed by atoms with Gasteiger partial charge in [-0.3, -0.25) is 9.59 Å². The highest BCUT2D eigenvalue weighted by molar-refractivity contribution is 6.20. The number of aliphatic carboxylic acids is 1. The summed E-state index contributed by atoms with van der Waals surface area (Å²) >= 11 is 6.28. The third-order valence-electron chi connectivity index (χ3n) is 5.48. The summed E-state index contributed by atoms with van der Waals surface area (Å²) in [6, 6.07) is 0. The van der Waals surface area contributed by atoms with Crippen LogP contribution in [0.5, 0.6) is 0 Å². The maximum atomic E-state index is 12.3. The van der Waals surface area contributed by atoms with Gasteiger partial charge in [0.25, 0.3) is 0 Å². The van der Waals surface area contributed by atoms with Crippen LogP contribution in [-0.4, -0.2) is 48.0 Å². The van der Waals surface area contributed by atoms with Gasteiger partial charge in [-0.2, -0.15) is 0 Å². The van der Waals surface area contributed by atoms with Gasteiger partial charge in [0.15, 0.2) is 5.50 Å². The predicted molar refractivity (Wildman–Crippen MR) is 119 cm³/mol. The number of carboxylic acids is 1. The van der Waals surface area contributed by atoms with Gasteiger partial charge in [0.05, 0.1) is 21.1 Å². The van der Waals surface area contributed by atoms with Crippen LogP contribution in [-0.2, 0) is 9.59 Å². The lowest BCUT2D eigenvalue weighted by Crippen LogP contribution is -2.44. The summed E-state index contributed by atoms with van der Waals surface area (Å²) in [5, 5.41) is 9.38. The first-order valence-corrected chi connectivity index (χ1v) is 11.8. The molecule has 0 amide bonds. The minimum absolute atomic E-state index is 0.172. The average molecular weight is 419 g/mol. The van der Waals surface area contributed by atoms with Crippen molar-refractivity contribution in [2.75, 3.05) is 21.1 Å². The summed E-state index contributed by atoms with van der Waals surface area (Å²) in [4.78, 5) is 23.8. The maximum absolute atomic E-state index is 12.3. The molecule has 166 valence electrons. The van der Waals surface area contributed by atoms with Crippen molar-refractivity contribution in [1.82, 2.24) is 0 Å². The largest absolute Gasteiger partial charge is 0.481 e. The van der Waals surface area contributed by atoms with Crippen LogP contribution in [0.1, 0.15) is 103 Å². The normalized spacial score (nSPS) is 14.0. The van der Waals surface area contributed by atoms with Gasteiger partial charge < -0.3 is 9.59 Å². The Morgan fingerprint density at radius 3 is 1.54 bits per heavy atom. The Hall–Kier alpha value is -0.610. The SMILES string of the molecule is CCCCCCCCCCCCCCCC(=O)[C@@H](C[C@H](Cl)[N+](C)(C)C)C(=O)O. The van der Waals surface area contributed by atoms with E-state index >= 15 is 0 Å². The van der Waals surface area contributed by atoms with Crippen molar-refractivity contribution in [3.8, 4) is 0 Å². The summed E-state index contributed by atoms with van der Waals surface area (Å²) in [6.07, 6.45) is 16.8. The highest BCUT2D eigenvalue weighted by atomic mass is 35.5. The summed E-state index contributed by atoms with van der Waals surface area (Å²) in [7, 11) is 5.73. The standard InChI is InChI=1S/C23H44ClNO3/c1-5-6-7-8-9-10-11-12-13-14-15-16-17-18-21(26)20(23(27)28)19-22(24)25(2,3)4/h20,22H,5-19H2,1-4H3/p+1/t20-,22-/m1/s1. The number of unbranched alkanes of at least 4 members (excludes halogenated alkanes) is 12. The Morgan fingerprint density at radius 1 is 0.786 bits per heavy atom. The molecule has 0 saturated carbocycles. The van der Waals surface area contributed by atoms with Crippen molar-refractivity contribution in [2.45, 2.75) is 109 Å². The van der Waals surface area contributed by atoms with Gasteiger partial charge in [-0.15, -0.1) is 0 Å². The lowest BCUT2D eigenvalue weighted by Gasteiger charge is -2.30. The van der Waals surface area contributed by atoms with Crippen molar-refractivity contribution in [2.24, 2.45) is 5.92 Å². The monoisotopic (exact) mass is 418 g/mol. The summed E-state index contributed by atoms with van der Waals surface area (Å²) < 4.78 is 0.442. The van der Waals surface area contributed by atoms with E-state index in [1.807, 2.05) is 21.1 Å². The molecule has 2 atom stereocenters. The number of Topliss-reactive ketones (excluding diaryl/α,β-unsaturated/α-hetero) is 1. The predicted octanol–water partition coefficient (Wildman–Crippen LogP) is 6.40. The highest BCUT2D eigenvalue weighted by Crippen LogP contribution is 2.21. The Kier molecular flexibility index (Phi) is 15.9. The fourth-order valence-electron chi connectivity index (χ4n) is 3.37. The number of alkyl halides is 1. The molecule has 0 aliphatic carbocycles. The number of ketones is 1. The zero-order chi connectivity index (χ0) is 21.4. The Morgan fingerprint density at radius 2 is 1.18 bits per heavy atom. The van der Waals surface area contributed by atoms with Gasteiger partial charge in [-0.05, 0) is 6.42 Å². The highest BCUT2D eigenvalue weighted by Gasteiger charge is 2.33. The third kappa shape index (κ3) is 14.4. The van der Waals surface area contributed by atoms with E-state index in [0.29, 0.717) is 10.9 Å². The third-order valence-corrected chi connectivity index (χ3v) is 6.25. The second-order valence-corrected chi connectivity index (χ2v) is 9.64. The molecule has 0 spiro atoms. The van der Waals surface area contributed by atoms with Crippen LogP contribution in [0.25, 0.3) is 0 Å². The Bertz CT molecular complexity index is 421. The van der Waals surface area contributed by atoms with Crippen molar-refractivity contribution in [1.29, 1.82) is 0 Å². The molecule has 0 fully saturated rings. The summed E-state index contributed by atoms with van der Waals surface area (Å²) in [5.74, 6) is -2.19. The van der Waals surface area contributed by atoms with Crippen molar-refractivity contribution in [3.63, 3.8) is 0 Å². The Balaban J connectivity index is 3.75. The zero-order valence-electron chi connectivity index (χ0n) is 18.9. The molecule has 0 bridgehead atoms. The molecule has 0 unspecified atom stereocenters. The van der Waals surface area contributed by atoms with Crippen LogP contribution in [0, 0.1) is 5.92 Å². The molecule has 0 aromatic heterocycles. The van der Waals surface area contributed by atoms with Gasteiger partial charge in [0.1, 0.15) is 11.7 Å². The second-order valence-electron chi connectivity index (χ2n) is 9.14. The molecular weight excluding hydrogens is 374 g/mol. The van der Waals surface area contributed by atoms with Crippen LogP contribution in [0.4, 0.5) is 0 Å². The van der Waals surface area contributed by atoms with E-state index in [-0.39, 0.29) is 17.7 Å². The number of rotatable bonds is 19. The first-order valence-electron chi connectivity index (χ1n) is 11.4. The molecule has 0 aromatic rings. The number of hydrogen-bond acceptors (Lipinski definition) is 2. The summed E-state index contributed by atoms with van der Waals surface area (Å²) in [5.41, 5.74) is -0.378. The average Bonchev–Trinajstić information content (AvgIpc) is 2.62. The number of quaternary nitrogens is 1. The molecule has 0 radical (unpaired) electrons. The molecule has 0 heterocycles. The molecule has 28 heavy (non-hydrogen) atoms. The fourth-order valence-corrected chi connectivity index (χ4v) is 3.55. The molecule has 4 nitrogen and oxygen atoms in total. The molecular formula is C23H45ClNO3+. The lowest BCUT2D eigenvalue weighted by atomic mass is 9.95. The van der Waals surface area contributed by atoms with Gasteiger partial charge >= 0.3 is 5.97 Å². The van der Waals surface area contributed by atoms with E-state index in [1.165, 1.54) is 64.2 Å². The van der Waals surface area contributed by atoms with Crippen molar-refractivity contribution < 1.29 is 19.2 Å². The maximum Gasteiger partial charge on any atom is 0.314 e. The van der Waals surface area contributed by atoms with E-state index in [4.69, 9.17) is 11.6 Å². The first-order chi connectivity index (χ1) is 13.2. The van der Waals surface area contributed by atoms with Crippen molar-refractivity contribution >= 4 is 23.4 Å². The minimum Gasteiger partial charge on any atom is -0.481 e. The molecule has 0 rings (SSSR count). The quantitative estimate of drug-likeness (QED) is 0.0867. The van der Waals surface area contributed by atoms with Gasteiger partial charge in [0.2, 0.25) is 0 Å².